The molecule has 2 heterocycles. The Morgan fingerprint density at radius 2 is 1.85 bits per heavy atom. The highest BCUT2D eigenvalue weighted by Gasteiger charge is 2.47. The number of benzene rings is 1. The van der Waals surface area contributed by atoms with Gasteiger partial charge in [-0.15, -0.1) is 0 Å². The lowest BCUT2D eigenvalue weighted by atomic mass is 9.94. The highest BCUT2D eigenvalue weighted by Crippen LogP contribution is 2.40. The molecule has 2 saturated heterocycles. The van der Waals surface area contributed by atoms with Gasteiger partial charge in [0.25, 0.3) is 0 Å². The van der Waals surface area contributed by atoms with E-state index in [1.54, 1.807) is 4.90 Å². The van der Waals surface area contributed by atoms with Crippen LogP contribution >= 0.6 is 0 Å². The van der Waals surface area contributed by atoms with E-state index >= 15 is 0 Å². The fourth-order valence-electron chi connectivity index (χ4n) is 4.80. The number of carbonyl (C=O) groups excluding carboxylic acids is 2. The van der Waals surface area contributed by atoms with Gasteiger partial charge >= 0.3 is 6.09 Å². The van der Waals surface area contributed by atoms with Crippen molar-refractivity contribution < 1.29 is 14.3 Å². The van der Waals surface area contributed by atoms with Crippen LogP contribution in [0.3, 0.4) is 0 Å². The first-order valence-corrected chi connectivity index (χ1v) is 10.5. The van der Waals surface area contributed by atoms with E-state index in [9.17, 15) is 9.59 Å². The van der Waals surface area contributed by atoms with Crippen LogP contribution in [0.2, 0.25) is 0 Å². The highest BCUT2D eigenvalue weighted by molar-refractivity contribution is 5.84. The van der Waals surface area contributed by atoms with E-state index in [4.69, 9.17) is 4.74 Å². The van der Waals surface area contributed by atoms with E-state index in [1.165, 1.54) is 25.7 Å². The minimum Gasteiger partial charge on any atom is -0.445 e. The monoisotopic (exact) mass is 372 g/mol. The molecular formula is C22H32N2O3. The van der Waals surface area contributed by atoms with Gasteiger partial charge in [-0.05, 0) is 30.7 Å². The minimum absolute atomic E-state index is 0.0994. The van der Waals surface area contributed by atoms with Gasteiger partial charge < -0.3 is 9.64 Å². The lowest BCUT2D eigenvalue weighted by Crippen LogP contribution is -2.57. The molecule has 3 fully saturated rings. The van der Waals surface area contributed by atoms with E-state index in [-0.39, 0.29) is 31.2 Å². The number of hydrogen-bond donors (Lipinski definition) is 0. The average molecular weight is 373 g/mol. The van der Waals surface area contributed by atoms with Crippen LogP contribution < -0.4 is 0 Å². The predicted molar refractivity (Wildman–Crippen MR) is 105 cm³/mol. The molecule has 0 spiro atoms. The van der Waals surface area contributed by atoms with Crippen LogP contribution in [-0.2, 0) is 16.1 Å². The summed E-state index contributed by atoms with van der Waals surface area (Å²) in [5.74, 6) is 0.721. The van der Waals surface area contributed by atoms with Crippen molar-refractivity contribution in [2.75, 3.05) is 13.1 Å². The van der Waals surface area contributed by atoms with E-state index < -0.39 is 0 Å². The second kappa shape index (κ2) is 9.25. The zero-order valence-corrected chi connectivity index (χ0v) is 16.6. The van der Waals surface area contributed by atoms with Crippen LogP contribution in [0.25, 0.3) is 0 Å². The van der Waals surface area contributed by atoms with Crippen molar-refractivity contribution in [2.24, 2.45) is 5.92 Å². The normalized spacial score (nSPS) is 27.0. The fraction of sp³-hybridized carbons (Fsp3) is 0.636. The molecule has 27 heavy (non-hydrogen) atoms. The van der Waals surface area contributed by atoms with Gasteiger partial charge in [0, 0.05) is 12.6 Å². The van der Waals surface area contributed by atoms with Gasteiger partial charge in [-0.2, -0.15) is 0 Å². The summed E-state index contributed by atoms with van der Waals surface area (Å²) in [6.07, 6.45) is 6.81. The van der Waals surface area contributed by atoms with Crippen molar-refractivity contribution in [3.8, 4) is 0 Å². The number of fused-ring (bicyclic) bond motifs is 3. The summed E-state index contributed by atoms with van der Waals surface area (Å²) in [5.41, 5.74) is 0.962. The molecule has 2 aliphatic heterocycles. The van der Waals surface area contributed by atoms with Crippen LogP contribution in [-0.4, -0.2) is 47.0 Å². The Kier molecular flexibility index (Phi) is 6.75. The molecule has 148 valence electrons. The largest absolute Gasteiger partial charge is 0.445 e. The zero-order valence-electron chi connectivity index (χ0n) is 16.6. The van der Waals surface area contributed by atoms with E-state index in [0.29, 0.717) is 18.5 Å². The molecule has 0 radical (unpaired) electrons. The van der Waals surface area contributed by atoms with Crippen molar-refractivity contribution >= 4 is 12.0 Å². The van der Waals surface area contributed by atoms with Crippen LogP contribution in [0, 0.1) is 5.92 Å². The third kappa shape index (κ3) is 4.45. The lowest BCUT2D eigenvalue weighted by molar-refractivity contribution is -0.139. The third-order valence-electron chi connectivity index (χ3n) is 5.95. The SMILES string of the molecule is CC.O=C(OCc1ccccc1)N1CC(=O)N2C(C[C@@H]3CCCCC[C@H]32)C1. The van der Waals surface area contributed by atoms with Gasteiger partial charge in [0.1, 0.15) is 13.2 Å². The fourth-order valence-corrected chi connectivity index (χ4v) is 4.80. The second-order valence-corrected chi connectivity index (χ2v) is 7.58. The number of rotatable bonds is 2. The summed E-state index contributed by atoms with van der Waals surface area (Å²) in [6, 6.07) is 10.2. The van der Waals surface area contributed by atoms with Crippen LogP contribution in [0.4, 0.5) is 4.79 Å². The van der Waals surface area contributed by atoms with Gasteiger partial charge in [-0.1, -0.05) is 63.4 Å². The summed E-state index contributed by atoms with van der Waals surface area (Å²) in [7, 11) is 0. The Hall–Kier alpha value is -2.04. The highest BCUT2D eigenvalue weighted by atomic mass is 16.6. The van der Waals surface area contributed by atoms with Gasteiger partial charge in [0.2, 0.25) is 5.91 Å². The molecule has 4 rings (SSSR count). The summed E-state index contributed by atoms with van der Waals surface area (Å²) in [5, 5.41) is 0. The summed E-state index contributed by atoms with van der Waals surface area (Å²) >= 11 is 0. The van der Waals surface area contributed by atoms with Gasteiger partial charge in [0.15, 0.2) is 0 Å². The lowest BCUT2D eigenvalue weighted by Gasteiger charge is -2.39. The summed E-state index contributed by atoms with van der Waals surface area (Å²) < 4.78 is 5.42. The Morgan fingerprint density at radius 1 is 1.11 bits per heavy atom. The Bertz CT molecular complexity index is 634. The molecule has 0 bridgehead atoms. The number of nitrogens with zero attached hydrogens (tertiary/aromatic N) is 2. The van der Waals surface area contributed by atoms with E-state index in [1.807, 2.05) is 44.2 Å². The number of hydrogen-bond acceptors (Lipinski definition) is 3. The van der Waals surface area contributed by atoms with Crippen LogP contribution in [0.15, 0.2) is 30.3 Å². The second-order valence-electron chi connectivity index (χ2n) is 7.58. The molecule has 0 N–H and O–H groups in total. The molecule has 1 unspecified atom stereocenters. The molecule has 2 amide bonds. The molecule has 3 aliphatic rings. The van der Waals surface area contributed by atoms with Crippen molar-refractivity contribution in [1.82, 2.24) is 9.80 Å². The molecular weight excluding hydrogens is 340 g/mol. The summed E-state index contributed by atoms with van der Waals surface area (Å²) in [6.45, 7) is 5.03. The number of piperazine rings is 1. The molecule has 5 heteroatoms. The molecule has 1 aliphatic carbocycles. The molecule has 3 atom stereocenters. The van der Waals surface area contributed by atoms with Crippen molar-refractivity contribution in [3.05, 3.63) is 35.9 Å². The van der Waals surface area contributed by atoms with Crippen molar-refractivity contribution in [1.29, 1.82) is 0 Å². The Balaban J connectivity index is 0.00000102. The number of ether oxygens (including phenoxy) is 1. The maximum absolute atomic E-state index is 12.7. The standard InChI is InChI=1S/C20H26N2O3.C2H6/c23-19-13-21(20(24)25-14-15-7-3-1-4-8-15)12-17-11-16-9-5-2-6-10-18(16)22(17)19;1-2/h1,3-4,7-8,16-18H,2,5-6,9-14H2;1-2H3/t16-,17?,18+;/m0./s1. The van der Waals surface area contributed by atoms with Gasteiger partial charge in [-0.3, -0.25) is 9.69 Å². The predicted octanol–water partition coefficient (Wildman–Crippen LogP) is 4.21. The molecule has 1 saturated carbocycles. The van der Waals surface area contributed by atoms with Gasteiger partial charge in [0.05, 0.1) is 6.04 Å². The smallest absolute Gasteiger partial charge is 0.410 e. The first-order chi connectivity index (χ1) is 13.2. The minimum atomic E-state index is -0.371. The third-order valence-corrected chi connectivity index (χ3v) is 5.95. The Morgan fingerprint density at radius 3 is 2.63 bits per heavy atom. The number of amides is 2. The van der Waals surface area contributed by atoms with Crippen LogP contribution in [0.5, 0.6) is 0 Å². The maximum atomic E-state index is 12.7. The first kappa shape index (κ1) is 19.7. The quantitative estimate of drug-likeness (QED) is 0.781. The molecule has 0 aromatic heterocycles. The van der Waals surface area contributed by atoms with Crippen molar-refractivity contribution in [2.45, 2.75) is 71.1 Å². The van der Waals surface area contributed by atoms with E-state index in [2.05, 4.69) is 4.90 Å². The van der Waals surface area contributed by atoms with Crippen LogP contribution in [0.1, 0.15) is 57.9 Å². The first-order valence-electron chi connectivity index (χ1n) is 10.5. The van der Waals surface area contributed by atoms with Gasteiger partial charge in [-0.25, -0.2) is 4.79 Å². The van der Waals surface area contributed by atoms with E-state index in [0.717, 1.165) is 18.4 Å². The zero-order chi connectivity index (χ0) is 19.2. The number of carbonyl (C=O) groups is 2. The molecule has 5 nitrogen and oxygen atoms in total. The Labute approximate surface area is 162 Å². The average Bonchev–Trinajstić information content (AvgIpc) is 2.90. The molecule has 1 aromatic carbocycles. The van der Waals surface area contributed by atoms with Crippen molar-refractivity contribution in [3.63, 3.8) is 0 Å². The maximum Gasteiger partial charge on any atom is 0.410 e. The topological polar surface area (TPSA) is 49.9 Å². The molecule has 1 aromatic rings. The summed E-state index contributed by atoms with van der Waals surface area (Å²) in [4.78, 5) is 28.8.